The van der Waals surface area contributed by atoms with Crippen LogP contribution in [0.3, 0.4) is 0 Å². The first-order valence-electron chi connectivity index (χ1n) is 11.2. The summed E-state index contributed by atoms with van der Waals surface area (Å²) < 4.78 is 5.57. The number of halogens is 2. The van der Waals surface area contributed by atoms with Crippen molar-refractivity contribution in [3.63, 3.8) is 0 Å². The molecule has 0 radical (unpaired) electrons. The Hall–Kier alpha value is -2.15. The summed E-state index contributed by atoms with van der Waals surface area (Å²) in [5.41, 5.74) is 3.69. The van der Waals surface area contributed by atoms with Crippen LogP contribution < -0.4 is 0 Å². The molecule has 0 bridgehead atoms. The summed E-state index contributed by atoms with van der Waals surface area (Å²) in [6, 6.07) is 7.18. The molecule has 0 N–H and O–H groups in total. The molecule has 6 nitrogen and oxygen atoms in total. The molecule has 8 heteroatoms. The summed E-state index contributed by atoms with van der Waals surface area (Å²) in [6.07, 6.45) is 2.85. The standard InChI is InChI=1S/C25H29Cl2N3O3/c1-15(31)21-14-29(9-10-30(21)24(32)33-25(2,3)4)23-20-8-7-18(26)11-16(20)5-6-17-12-19(27)13-28-22(17)23/h7-8,11-13,21,23H,5-6,9-10,14H2,1-4H3/t21-,23?/m1/s1. The Morgan fingerprint density at radius 1 is 1.06 bits per heavy atom. The topological polar surface area (TPSA) is 62.7 Å². The number of hydrogen-bond donors (Lipinski definition) is 0. The summed E-state index contributed by atoms with van der Waals surface area (Å²) in [5, 5.41) is 1.30. The number of ether oxygens (including phenoxy) is 1. The van der Waals surface area contributed by atoms with Crippen molar-refractivity contribution in [3.05, 3.63) is 62.9 Å². The minimum Gasteiger partial charge on any atom is -0.444 e. The largest absolute Gasteiger partial charge is 0.444 e. The van der Waals surface area contributed by atoms with Gasteiger partial charge in [-0.2, -0.15) is 0 Å². The second kappa shape index (κ2) is 9.24. The van der Waals surface area contributed by atoms with E-state index in [0.717, 1.165) is 35.2 Å². The fraction of sp³-hybridized carbons (Fsp3) is 0.480. The molecule has 1 saturated heterocycles. The van der Waals surface area contributed by atoms with E-state index in [1.54, 1.807) is 11.1 Å². The summed E-state index contributed by atoms with van der Waals surface area (Å²) in [7, 11) is 0. The normalized spacial score (nSPS) is 21.1. The SMILES string of the molecule is CC(=O)[C@H]1CN(C2c3ccc(Cl)cc3CCc3cc(Cl)cnc32)CCN1C(=O)OC(C)(C)C. The van der Waals surface area contributed by atoms with E-state index in [-0.39, 0.29) is 11.8 Å². The summed E-state index contributed by atoms with van der Waals surface area (Å²) >= 11 is 12.6. The van der Waals surface area contributed by atoms with E-state index in [4.69, 9.17) is 32.9 Å². The van der Waals surface area contributed by atoms with E-state index in [9.17, 15) is 9.59 Å². The van der Waals surface area contributed by atoms with Gasteiger partial charge in [0.1, 0.15) is 11.6 Å². The van der Waals surface area contributed by atoms with Crippen LogP contribution in [-0.4, -0.2) is 57.9 Å². The molecule has 33 heavy (non-hydrogen) atoms. The molecule has 2 atom stereocenters. The van der Waals surface area contributed by atoms with Crippen LogP contribution in [0.25, 0.3) is 0 Å². The maximum atomic E-state index is 12.8. The number of nitrogens with zero attached hydrogens (tertiary/aromatic N) is 3. The lowest BCUT2D eigenvalue weighted by molar-refractivity contribution is -0.124. The summed E-state index contributed by atoms with van der Waals surface area (Å²) in [5.74, 6) is -0.0696. The zero-order chi connectivity index (χ0) is 23.9. The molecule has 1 unspecified atom stereocenters. The first kappa shape index (κ1) is 24.0. The third-order valence-corrected chi connectivity index (χ3v) is 6.61. The lowest BCUT2D eigenvalue weighted by atomic mass is 9.95. The van der Waals surface area contributed by atoms with Gasteiger partial charge in [0.05, 0.1) is 16.8 Å². The number of aryl methyl sites for hydroxylation is 2. The number of carbonyl (C=O) groups excluding carboxylic acids is 2. The monoisotopic (exact) mass is 489 g/mol. The minimum atomic E-state index is -0.628. The summed E-state index contributed by atoms with van der Waals surface area (Å²) in [6.45, 7) is 8.37. The maximum absolute atomic E-state index is 12.8. The Morgan fingerprint density at radius 3 is 2.45 bits per heavy atom. The second-order valence-corrected chi connectivity index (χ2v) is 10.6. The highest BCUT2D eigenvalue weighted by Crippen LogP contribution is 2.38. The highest BCUT2D eigenvalue weighted by Gasteiger charge is 2.40. The Kier molecular flexibility index (Phi) is 6.72. The van der Waals surface area contributed by atoms with E-state index in [2.05, 4.69) is 11.0 Å². The molecule has 176 valence electrons. The number of fused-ring (bicyclic) bond motifs is 2. The fourth-order valence-corrected chi connectivity index (χ4v) is 5.08. The molecule has 1 aromatic heterocycles. The average molecular weight is 490 g/mol. The van der Waals surface area contributed by atoms with Gasteiger partial charge in [-0.25, -0.2) is 4.79 Å². The number of pyridine rings is 1. The van der Waals surface area contributed by atoms with Gasteiger partial charge in [0.25, 0.3) is 0 Å². The van der Waals surface area contributed by atoms with Crippen molar-refractivity contribution in [2.45, 2.75) is 58.2 Å². The lowest BCUT2D eigenvalue weighted by Gasteiger charge is -2.43. The molecule has 1 amide bonds. The Morgan fingerprint density at radius 2 is 1.76 bits per heavy atom. The Bertz CT molecular complexity index is 1030. The van der Waals surface area contributed by atoms with Gasteiger partial charge in [0.15, 0.2) is 5.78 Å². The van der Waals surface area contributed by atoms with Crippen molar-refractivity contribution in [2.24, 2.45) is 0 Å². The molecule has 1 aliphatic heterocycles. The van der Waals surface area contributed by atoms with Crippen LogP contribution in [-0.2, 0) is 22.4 Å². The van der Waals surface area contributed by atoms with Crippen LogP contribution in [0.4, 0.5) is 4.79 Å². The lowest BCUT2D eigenvalue weighted by Crippen LogP contribution is -2.59. The molecule has 2 aromatic rings. The predicted molar refractivity (Wildman–Crippen MR) is 129 cm³/mol. The molecular weight excluding hydrogens is 461 g/mol. The number of rotatable bonds is 2. The number of piperazine rings is 1. The Balaban J connectivity index is 1.71. The smallest absolute Gasteiger partial charge is 0.410 e. The quantitative estimate of drug-likeness (QED) is 0.587. The molecule has 2 heterocycles. The molecule has 0 saturated carbocycles. The van der Waals surface area contributed by atoms with Crippen LogP contribution in [0.1, 0.15) is 56.1 Å². The Labute approximate surface area is 204 Å². The van der Waals surface area contributed by atoms with Crippen LogP contribution >= 0.6 is 23.2 Å². The fourth-order valence-electron chi connectivity index (χ4n) is 4.71. The van der Waals surface area contributed by atoms with Crippen LogP contribution in [0.15, 0.2) is 30.5 Å². The van der Waals surface area contributed by atoms with Crippen LogP contribution in [0.5, 0.6) is 0 Å². The zero-order valence-corrected chi connectivity index (χ0v) is 20.9. The number of Topliss-reactive ketones (excluding diaryl/α,β-unsaturated/α-hetero) is 1. The van der Waals surface area contributed by atoms with E-state index >= 15 is 0 Å². The number of aromatic nitrogens is 1. The second-order valence-electron chi connectivity index (χ2n) is 9.74. The minimum absolute atomic E-state index is 0.0696. The molecule has 1 aromatic carbocycles. The van der Waals surface area contributed by atoms with Gasteiger partial charge in [0, 0.05) is 30.9 Å². The van der Waals surface area contributed by atoms with Gasteiger partial charge >= 0.3 is 6.09 Å². The van der Waals surface area contributed by atoms with Crippen molar-refractivity contribution in [2.75, 3.05) is 19.6 Å². The van der Waals surface area contributed by atoms with Gasteiger partial charge in [-0.05, 0) is 75.4 Å². The highest BCUT2D eigenvalue weighted by molar-refractivity contribution is 6.30. The van der Waals surface area contributed by atoms with Crippen molar-refractivity contribution in [3.8, 4) is 0 Å². The molecule has 0 spiro atoms. The predicted octanol–water partition coefficient (Wildman–Crippen LogP) is 5.09. The molecule has 4 rings (SSSR count). The van der Waals surface area contributed by atoms with Gasteiger partial charge in [-0.3, -0.25) is 19.6 Å². The van der Waals surface area contributed by atoms with Gasteiger partial charge in [-0.15, -0.1) is 0 Å². The molecular formula is C25H29Cl2N3O3. The van der Waals surface area contributed by atoms with Crippen LogP contribution in [0, 0.1) is 0 Å². The van der Waals surface area contributed by atoms with Gasteiger partial charge < -0.3 is 4.74 Å². The number of carbonyl (C=O) groups is 2. The first-order valence-corrected chi connectivity index (χ1v) is 12.0. The maximum Gasteiger partial charge on any atom is 0.410 e. The van der Waals surface area contributed by atoms with E-state index < -0.39 is 17.7 Å². The third-order valence-electron chi connectivity index (χ3n) is 6.16. The van der Waals surface area contributed by atoms with E-state index in [1.807, 2.05) is 39.0 Å². The van der Waals surface area contributed by atoms with Crippen molar-refractivity contribution in [1.29, 1.82) is 0 Å². The number of ketones is 1. The average Bonchev–Trinajstić information content (AvgIpc) is 2.88. The number of hydrogen-bond acceptors (Lipinski definition) is 5. The van der Waals surface area contributed by atoms with Gasteiger partial charge in [0.2, 0.25) is 0 Å². The molecule has 2 aliphatic rings. The number of benzene rings is 1. The van der Waals surface area contributed by atoms with Crippen molar-refractivity contribution in [1.82, 2.24) is 14.8 Å². The zero-order valence-electron chi connectivity index (χ0n) is 19.4. The first-order chi connectivity index (χ1) is 15.5. The number of amides is 1. The van der Waals surface area contributed by atoms with Gasteiger partial charge in [-0.1, -0.05) is 29.3 Å². The van der Waals surface area contributed by atoms with Crippen molar-refractivity contribution < 1.29 is 14.3 Å². The van der Waals surface area contributed by atoms with Crippen molar-refractivity contribution >= 4 is 35.1 Å². The molecule has 1 fully saturated rings. The van der Waals surface area contributed by atoms with E-state index in [1.165, 1.54) is 6.92 Å². The summed E-state index contributed by atoms with van der Waals surface area (Å²) in [4.78, 5) is 34.0. The van der Waals surface area contributed by atoms with E-state index in [0.29, 0.717) is 29.7 Å². The molecule has 1 aliphatic carbocycles. The third kappa shape index (κ3) is 5.18. The van der Waals surface area contributed by atoms with Crippen LogP contribution in [0.2, 0.25) is 10.0 Å². The highest BCUT2D eigenvalue weighted by atomic mass is 35.5.